The molecule has 0 aliphatic heterocycles. The van der Waals surface area contributed by atoms with E-state index in [1.165, 1.54) is 12.1 Å². The largest absolute Gasteiger partial charge is 0.508 e. The van der Waals surface area contributed by atoms with Crippen LogP contribution in [0.4, 0.5) is 11.4 Å². The van der Waals surface area contributed by atoms with E-state index in [4.69, 9.17) is 5.11 Å². The van der Waals surface area contributed by atoms with Crippen molar-refractivity contribution in [3.63, 3.8) is 0 Å². The highest BCUT2D eigenvalue weighted by Gasteiger charge is 2.01. The Morgan fingerprint density at radius 1 is 0.950 bits per heavy atom. The van der Waals surface area contributed by atoms with Crippen LogP contribution in [0.1, 0.15) is 25.0 Å². The summed E-state index contributed by atoms with van der Waals surface area (Å²) in [5.74, 6) is 0.105. The Balaban J connectivity index is 0.000000956. The summed E-state index contributed by atoms with van der Waals surface area (Å²) in [5, 5.41) is 26.6. The van der Waals surface area contributed by atoms with Gasteiger partial charge < -0.3 is 10.2 Å². The third-order valence-corrected chi connectivity index (χ3v) is 2.54. The zero-order valence-corrected chi connectivity index (χ0v) is 12.0. The molecule has 2 aromatic carbocycles. The molecule has 0 heterocycles. The second-order valence-corrected chi connectivity index (χ2v) is 4.01. The van der Waals surface area contributed by atoms with Crippen LogP contribution in [0, 0.1) is 6.92 Å². The van der Waals surface area contributed by atoms with Gasteiger partial charge in [-0.1, -0.05) is 31.5 Å². The lowest BCUT2D eigenvalue weighted by Crippen LogP contribution is -1.82. The van der Waals surface area contributed by atoms with Gasteiger partial charge in [0.25, 0.3) is 0 Å². The third kappa shape index (κ3) is 4.48. The van der Waals surface area contributed by atoms with Crippen molar-refractivity contribution in [1.29, 1.82) is 0 Å². The van der Waals surface area contributed by atoms with Gasteiger partial charge in [-0.3, -0.25) is 0 Å². The number of azo groups is 1. The number of nitrogens with zero attached hydrogens (tertiary/aromatic N) is 2. The lowest BCUT2D eigenvalue weighted by molar-refractivity contribution is 0.281. The van der Waals surface area contributed by atoms with Gasteiger partial charge in [0.1, 0.15) is 5.75 Å². The van der Waals surface area contributed by atoms with Crippen molar-refractivity contribution in [2.75, 3.05) is 0 Å². The lowest BCUT2D eigenvalue weighted by atomic mass is 10.2. The molecule has 0 amide bonds. The van der Waals surface area contributed by atoms with E-state index < -0.39 is 0 Å². The van der Waals surface area contributed by atoms with Crippen LogP contribution in [0.3, 0.4) is 0 Å². The molecule has 106 valence electrons. The fraction of sp³-hybridized carbons (Fsp3) is 0.250. The maximum atomic E-state index is 9.30. The number of aromatic hydroxyl groups is 1. The van der Waals surface area contributed by atoms with Crippen LogP contribution in [0.25, 0.3) is 0 Å². The highest BCUT2D eigenvalue weighted by Crippen LogP contribution is 2.26. The average molecular weight is 272 g/mol. The molecule has 2 aromatic rings. The van der Waals surface area contributed by atoms with Gasteiger partial charge in [-0.15, -0.1) is 0 Å². The van der Waals surface area contributed by atoms with Gasteiger partial charge in [-0.05, 0) is 37.3 Å². The molecule has 0 radical (unpaired) electrons. The number of hydrogen-bond donors (Lipinski definition) is 2. The van der Waals surface area contributed by atoms with Crippen molar-refractivity contribution in [3.8, 4) is 5.75 Å². The number of aliphatic hydroxyl groups is 1. The fourth-order valence-electron chi connectivity index (χ4n) is 1.52. The van der Waals surface area contributed by atoms with Crippen LogP contribution in [0.2, 0.25) is 0 Å². The average Bonchev–Trinajstić information content (AvgIpc) is 2.49. The summed E-state index contributed by atoms with van der Waals surface area (Å²) < 4.78 is 0. The molecule has 0 fully saturated rings. The van der Waals surface area contributed by atoms with E-state index in [9.17, 15) is 5.11 Å². The van der Waals surface area contributed by atoms with Gasteiger partial charge in [0.05, 0.1) is 18.0 Å². The second-order valence-electron chi connectivity index (χ2n) is 4.01. The molecule has 0 saturated heterocycles. The lowest BCUT2D eigenvalue weighted by Gasteiger charge is -2.01. The minimum atomic E-state index is -0.184. The monoisotopic (exact) mass is 272 g/mol. The van der Waals surface area contributed by atoms with Gasteiger partial charge in [0.2, 0.25) is 0 Å². The van der Waals surface area contributed by atoms with Crippen LogP contribution in [0.15, 0.2) is 52.7 Å². The molecule has 2 rings (SSSR count). The number of hydrogen-bond acceptors (Lipinski definition) is 4. The zero-order valence-electron chi connectivity index (χ0n) is 12.0. The van der Waals surface area contributed by atoms with Gasteiger partial charge in [0, 0.05) is 5.56 Å². The number of rotatable bonds is 3. The van der Waals surface area contributed by atoms with Crippen molar-refractivity contribution < 1.29 is 10.2 Å². The molecule has 0 unspecified atom stereocenters. The molecular weight excluding hydrogens is 252 g/mol. The summed E-state index contributed by atoms with van der Waals surface area (Å²) in [6.45, 7) is 5.82. The Morgan fingerprint density at radius 3 is 2.20 bits per heavy atom. The van der Waals surface area contributed by atoms with Crippen LogP contribution >= 0.6 is 0 Å². The standard InChI is InChI=1S/C14H14N2O2.C2H6/c1-10-2-4-12(5-3-10)15-16-14-7-6-13(18)8-11(14)9-17;1-2/h2-8,17-18H,9H2,1H3;1-2H3. The quantitative estimate of drug-likeness (QED) is 0.800. The Kier molecular flexibility index (Phi) is 6.40. The zero-order chi connectivity index (χ0) is 15.0. The van der Waals surface area contributed by atoms with Crippen molar-refractivity contribution >= 4 is 11.4 Å². The number of phenolic OH excluding ortho intramolecular Hbond substituents is 1. The van der Waals surface area contributed by atoms with E-state index in [0.717, 1.165) is 11.3 Å². The summed E-state index contributed by atoms with van der Waals surface area (Å²) >= 11 is 0. The normalized spacial score (nSPS) is 10.2. The third-order valence-electron chi connectivity index (χ3n) is 2.54. The molecule has 0 saturated carbocycles. The first-order valence-electron chi connectivity index (χ1n) is 6.60. The van der Waals surface area contributed by atoms with E-state index in [1.54, 1.807) is 6.07 Å². The molecule has 4 heteroatoms. The molecule has 0 spiro atoms. The van der Waals surface area contributed by atoms with Crippen LogP contribution < -0.4 is 0 Å². The highest BCUT2D eigenvalue weighted by atomic mass is 16.3. The van der Waals surface area contributed by atoms with E-state index in [-0.39, 0.29) is 12.4 Å². The summed E-state index contributed by atoms with van der Waals surface area (Å²) in [6.07, 6.45) is 0. The first kappa shape index (κ1) is 15.9. The van der Waals surface area contributed by atoms with Gasteiger partial charge in [0.15, 0.2) is 0 Å². The number of aryl methyl sites for hydroxylation is 1. The van der Waals surface area contributed by atoms with Gasteiger partial charge in [-0.2, -0.15) is 10.2 Å². The van der Waals surface area contributed by atoms with Crippen LogP contribution in [-0.2, 0) is 6.61 Å². The minimum Gasteiger partial charge on any atom is -0.508 e. The van der Waals surface area contributed by atoms with Crippen LogP contribution in [0.5, 0.6) is 5.75 Å². The first-order valence-corrected chi connectivity index (χ1v) is 6.60. The van der Waals surface area contributed by atoms with E-state index in [2.05, 4.69) is 10.2 Å². The van der Waals surface area contributed by atoms with Gasteiger partial charge in [-0.25, -0.2) is 0 Å². The fourth-order valence-corrected chi connectivity index (χ4v) is 1.52. The topological polar surface area (TPSA) is 65.2 Å². The second kappa shape index (κ2) is 8.07. The Morgan fingerprint density at radius 2 is 1.60 bits per heavy atom. The van der Waals surface area contributed by atoms with Crippen molar-refractivity contribution in [1.82, 2.24) is 0 Å². The number of benzene rings is 2. The molecule has 0 aliphatic rings. The molecular formula is C16H20N2O2. The first-order chi connectivity index (χ1) is 9.69. The summed E-state index contributed by atoms with van der Waals surface area (Å²) in [6, 6.07) is 12.3. The number of aliphatic hydroxyl groups excluding tert-OH is 1. The molecule has 4 nitrogen and oxygen atoms in total. The molecule has 0 aliphatic carbocycles. The van der Waals surface area contributed by atoms with Crippen molar-refractivity contribution in [3.05, 3.63) is 53.6 Å². The number of phenols is 1. The molecule has 20 heavy (non-hydrogen) atoms. The molecule has 2 N–H and O–H groups in total. The minimum absolute atomic E-state index is 0.105. The maximum absolute atomic E-state index is 9.30. The summed E-state index contributed by atoms with van der Waals surface area (Å²) in [4.78, 5) is 0. The maximum Gasteiger partial charge on any atom is 0.116 e. The summed E-state index contributed by atoms with van der Waals surface area (Å²) in [7, 11) is 0. The van der Waals surface area contributed by atoms with E-state index >= 15 is 0 Å². The van der Waals surface area contributed by atoms with Crippen molar-refractivity contribution in [2.45, 2.75) is 27.4 Å². The Hall–Kier alpha value is -2.20. The van der Waals surface area contributed by atoms with Gasteiger partial charge >= 0.3 is 0 Å². The van der Waals surface area contributed by atoms with E-state index in [1.807, 2.05) is 45.0 Å². The molecule has 0 aromatic heterocycles. The molecule has 0 atom stereocenters. The Labute approximate surface area is 119 Å². The van der Waals surface area contributed by atoms with E-state index in [0.29, 0.717) is 11.3 Å². The smallest absolute Gasteiger partial charge is 0.116 e. The highest BCUT2D eigenvalue weighted by molar-refractivity contribution is 5.49. The van der Waals surface area contributed by atoms with Crippen LogP contribution in [-0.4, -0.2) is 10.2 Å². The predicted molar refractivity (Wildman–Crippen MR) is 80.7 cm³/mol. The van der Waals surface area contributed by atoms with Crippen molar-refractivity contribution in [2.24, 2.45) is 10.2 Å². The predicted octanol–water partition coefficient (Wildman–Crippen LogP) is 4.63. The Bertz CT molecular complexity index is 563. The SMILES string of the molecule is CC.Cc1ccc(N=Nc2ccc(O)cc2CO)cc1. The summed E-state index contributed by atoms with van der Waals surface area (Å²) in [5.41, 5.74) is 3.01. The molecule has 0 bridgehead atoms.